The van der Waals surface area contributed by atoms with E-state index < -0.39 is 70.4 Å². The van der Waals surface area contributed by atoms with Gasteiger partial charge in [0.2, 0.25) is 0 Å². The molecule has 0 amide bonds. The summed E-state index contributed by atoms with van der Waals surface area (Å²) in [4.78, 5) is 0. The van der Waals surface area contributed by atoms with E-state index in [2.05, 4.69) is 0 Å². The standard InChI is InChI=1S/C36H37F12NO2/c1-19-14-23(29(4,5)24-9-12-27(20(2)15-24)30(6,7)25-10-13-28(49)21(3)16-25)8-11-26(19)22(17-31(50,33(37,38)39)34(40,41)42)18-32(51,35(43,44)45)36(46,47)48/h8-17,50-51H,18,49H2,1-7H3/b22-17+. The fraction of sp³-hybridized carbons (Fsp3) is 0.444. The summed E-state index contributed by atoms with van der Waals surface area (Å²) in [5.41, 5.74) is -5.04. The molecule has 3 nitrogen and oxygen atoms in total. The summed E-state index contributed by atoms with van der Waals surface area (Å²) in [6.07, 6.45) is -30.4. The number of halogens is 12. The van der Waals surface area contributed by atoms with Crippen molar-refractivity contribution >= 4 is 11.3 Å². The Balaban J connectivity index is 2.21. The Hall–Kier alpha value is -3.72. The van der Waals surface area contributed by atoms with Crippen LogP contribution in [0.4, 0.5) is 58.4 Å². The molecule has 51 heavy (non-hydrogen) atoms. The van der Waals surface area contributed by atoms with Gasteiger partial charge in [-0.2, -0.15) is 52.7 Å². The minimum absolute atomic E-state index is 0.335. The van der Waals surface area contributed by atoms with Crippen molar-refractivity contribution in [2.24, 2.45) is 0 Å². The molecule has 4 N–H and O–H groups in total. The monoisotopic (exact) mass is 743 g/mol. The molecule has 15 heteroatoms. The van der Waals surface area contributed by atoms with Crippen molar-refractivity contribution in [1.82, 2.24) is 0 Å². The van der Waals surface area contributed by atoms with Gasteiger partial charge in [-0.3, -0.25) is 0 Å². The molecule has 0 saturated heterocycles. The SMILES string of the molecule is Cc1cc(C(C)(C)c2ccc(C(C)(C)c3ccc(/C(=C/C(O)(C(F)(F)F)C(F)(F)F)CC(O)(C(F)(F)F)C(F)(F)F)c(C)c3)cc2C)ccc1N. The van der Waals surface area contributed by atoms with Crippen molar-refractivity contribution < 1.29 is 62.9 Å². The van der Waals surface area contributed by atoms with Crippen LogP contribution in [0.25, 0.3) is 5.57 Å². The fourth-order valence-electron chi connectivity index (χ4n) is 5.99. The lowest BCUT2D eigenvalue weighted by Crippen LogP contribution is -2.58. The number of nitrogen functional groups attached to an aromatic ring is 1. The molecule has 0 atom stereocenters. The van der Waals surface area contributed by atoms with Gasteiger partial charge in [0.1, 0.15) is 0 Å². The first kappa shape index (κ1) is 41.7. The number of aryl methyl sites for hydroxylation is 3. The number of anilines is 1. The summed E-state index contributed by atoms with van der Waals surface area (Å²) < 4.78 is 164. The molecule has 0 spiro atoms. The summed E-state index contributed by atoms with van der Waals surface area (Å²) in [5.74, 6) is 0. The topological polar surface area (TPSA) is 66.5 Å². The molecule has 3 rings (SSSR count). The highest BCUT2D eigenvalue weighted by atomic mass is 19.4. The lowest BCUT2D eigenvalue weighted by Gasteiger charge is -2.35. The second-order valence-corrected chi connectivity index (χ2v) is 13.8. The number of nitrogens with two attached hydrogens (primary N) is 1. The van der Waals surface area contributed by atoms with E-state index >= 15 is 0 Å². The number of hydrogen-bond acceptors (Lipinski definition) is 3. The van der Waals surface area contributed by atoms with E-state index in [1.54, 1.807) is 26.0 Å². The van der Waals surface area contributed by atoms with E-state index in [9.17, 15) is 62.9 Å². The molecule has 3 aromatic rings. The normalized spacial score (nSPS) is 14.6. The van der Waals surface area contributed by atoms with Crippen LogP contribution in [0.5, 0.6) is 0 Å². The first-order valence-corrected chi connectivity index (χ1v) is 15.3. The zero-order valence-corrected chi connectivity index (χ0v) is 28.5. The number of benzene rings is 3. The van der Waals surface area contributed by atoms with E-state index in [0.29, 0.717) is 16.8 Å². The molecule has 3 aromatic carbocycles. The Morgan fingerprint density at radius 2 is 0.980 bits per heavy atom. The predicted molar refractivity (Wildman–Crippen MR) is 169 cm³/mol. The number of aliphatic hydroxyl groups is 2. The third kappa shape index (κ3) is 7.60. The van der Waals surface area contributed by atoms with Crippen molar-refractivity contribution in [1.29, 1.82) is 0 Å². The minimum atomic E-state index is -6.63. The minimum Gasteiger partial charge on any atom is -0.399 e. The Morgan fingerprint density at radius 1 is 0.569 bits per heavy atom. The smallest absolute Gasteiger partial charge is 0.399 e. The Morgan fingerprint density at radius 3 is 1.39 bits per heavy atom. The molecule has 0 aliphatic heterocycles. The Bertz CT molecular complexity index is 1770. The summed E-state index contributed by atoms with van der Waals surface area (Å²) in [7, 11) is 0. The summed E-state index contributed by atoms with van der Waals surface area (Å²) in [6, 6.07) is 14.3. The largest absolute Gasteiger partial charge is 0.430 e. The summed E-state index contributed by atoms with van der Waals surface area (Å²) in [6.45, 7) is 12.2. The first-order chi connectivity index (χ1) is 22.7. The van der Waals surface area contributed by atoms with Gasteiger partial charge < -0.3 is 15.9 Å². The average molecular weight is 744 g/mol. The lowest BCUT2D eigenvalue weighted by molar-refractivity contribution is -0.366. The number of rotatable bonds is 8. The molecule has 0 saturated carbocycles. The molecule has 0 radical (unpaired) electrons. The second-order valence-electron chi connectivity index (χ2n) is 13.8. The maximum Gasteiger partial charge on any atom is 0.430 e. The van der Waals surface area contributed by atoms with Gasteiger partial charge in [-0.15, -0.1) is 0 Å². The van der Waals surface area contributed by atoms with Gasteiger partial charge in [-0.05, 0) is 83.0 Å². The van der Waals surface area contributed by atoms with Crippen LogP contribution in [0.3, 0.4) is 0 Å². The zero-order chi connectivity index (χ0) is 39.6. The van der Waals surface area contributed by atoms with Crippen LogP contribution in [0, 0.1) is 20.8 Å². The summed E-state index contributed by atoms with van der Waals surface area (Å²) >= 11 is 0. The molecular weight excluding hydrogens is 706 g/mol. The van der Waals surface area contributed by atoms with E-state index in [-0.39, 0.29) is 5.56 Å². The van der Waals surface area contributed by atoms with Gasteiger partial charge in [0.15, 0.2) is 0 Å². The van der Waals surface area contributed by atoms with Gasteiger partial charge >= 0.3 is 24.7 Å². The van der Waals surface area contributed by atoms with Crippen molar-refractivity contribution in [3.05, 3.63) is 105 Å². The second kappa shape index (κ2) is 13.0. The third-order valence-corrected chi connectivity index (χ3v) is 9.54. The molecule has 0 aliphatic carbocycles. The van der Waals surface area contributed by atoms with E-state index in [4.69, 9.17) is 5.73 Å². The highest BCUT2D eigenvalue weighted by Gasteiger charge is 2.72. The maximum absolute atomic E-state index is 13.6. The molecule has 0 aromatic heterocycles. The maximum atomic E-state index is 13.6. The quantitative estimate of drug-likeness (QED) is 0.159. The molecular formula is C36H37F12NO2. The van der Waals surface area contributed by atoms with Crippen molar-refractivity contribution in [2.45, 2.75) is 102 Å². The van der Waals surface area contributed by atoms with Crippen LogP contribution in [-0.2, 0) is 10.8 Å². The molecule has 0 heterocycles. The van der Waals surface area contributed by atoms with Gasteiger partial charge in [-0.1, -0.05) is 76.2 Å². The third-order valence-electron chi connectivity index (χ3n) is 9.54. The highest BCUT2D eigenvalue weighted by Crippen LogP contribution is 2.51. The molecule has 0 aliphatic rings. The fourth-order valence-corrected chi connectivity index (χ4v) is 5.99. The van der Waals surface area contributed by atoms with Gasteiger partial charge in [0, 0.05) is 22.9 Å². The van der Waals surface area contributed by atoms with E-state index in [1.807, 2.05) is 52.0 Å². The lowest BCUT2D eigenvalue weighted by atomic mass is 9.72. The van der Waals surface area contributed by atoms with Crippen LogP contribution in [0.15, 0.2) is 60.7 Å². The average Bonchev–Trinajstić information content (AvgIpc) is 2.95. The van der Waals surface area contributed by atoms with Crippen LogP contribution in [0.1, 0.15) is 78.6 Å². The predicted octanol–water partition coefficient (Wildman–Crippen LogP) is 10.3. The number of hydrogen-bond donors (Lipinski definition) is 3. The zero-order valence-electron chi connectivity index (χ0n) is 28.5. The van der Waals surface area contributed by atoms with Crippen LogP contribution >= 0.6 is 0 Å². The Kier molecular flexibility index (Phi) is 10.7. The molecule has 282 valence electrons. The first-order valence-electron chi connectivity index (χ1n) is 15.3. The van der Waals surface area contributed by atoms with Crippen LogP contribution < -0.4 is 5.73 Å². The van der Waals surface area contributed by atoms with Crippen molar-refractivity contribution in [2.75, 3.05) is 5.73 Å². The van der Waals surface area contributed by atoms with Crippen molar-refractivity contribution in [3.8, 4) is 0 Å². The number of alkyl halides is 12. The highest BCUT2D eigenvalue weighted by molar-refractivity contribution is 5.71. The Labute approximate surface area is 286 Å². The van der Waals surface area contributed by atoms with Crippen molar-refractivity contribution in [3.63, 3.8) is 0 Å². The van der Waals surface area contributed by atoms with Gasteiger partial charge in [0.05, 0.1) is 0 Å². The van der Waals surface area contributed by atoms with E-state index in [1.165, 1.54) is 6.07 Å². The van der Waals surface area contributed by atoms with Gasteiger partial charge in [0.25, 0.3) is 11.2 Å². The van der Waals surface area contributed by atoms with E-state index in [0.717, 1.165) is 41.3 Å². The van der Waals surface area contributed by atoms with Crippen LogP contribution in [-0.4, -0.2) is 46.1 Å². The van der Waals surface area contributed by atoms with Crippen LogP contribution in [0.2, 0.25) is 0 Å². The summed E-state index contributed by atoms with van der Waals surface area (Å²) in [5, 5.41) is 19.6. The molecule has 0 unspecified atom stereocenters. The molecule has 0 bridgehead atoms. The molecule has 0 fully saturated rings. The van der Waals surface area contributed by atoms with Gasteiger partial charge in [-0.25, -0.2) is 0 Å².